The van der Waals surface area contributed by atoms with Gasteiger partial charge in [0.15, 0.2) is 0 Å². The van der Waals surface area contributed by atoms with Gasteiger partial charge in [-0.3, -0.25) is 4.79 Å². The molecule has 0 aliphatic heterocycles. The first-order chi connectivity index (χ1) is 7.60. The van der Waals surface area contributed by atoms with Crippen LogP contribution in [0.5, 0.6) is 0 Å². The molecular weight excluding hydrogens is 212 g/mol. The fraction of sp³-hybridized carbons (Fsp3) is 0.917. The number of rotatable bonds is 6. The van der Waals surface area contributed by atoms with Gasteiger partial charge >= 0.3 is 0 Å². The lowest BCUT2D eigenvalue weighted by atomic mass is 9.76. The first-order valence-electron chi connectivity index (χ1n) is 6.15. The molecule has 0 bridgehead atoms. The highest BCUT2D eigenvalue weighted by molar-refractivity contribution is 5.45. The van der Waals surface area contributed by atoms with E-state index in [0.717, 1.165) is 12.8 Å². The molecule has 16 heavy (non-hydrogen) atoms. The van der Waals surface area contributed by atoms with Crippen molar-refractivity contribution in [2.75, 3.05) is 6.54 Å². The number of hydrogen-bond donors (Lipinski definition) is 1. The molecule has 1 N–H and O–H groups in total. The van der Waals surface area contributed by atoms with Crippen molar-refractivity contribution in [1.82, 2.24) is 5.32 Å². The first-order valence-corrected chi connectivity index (χ1v) is 6.15. The van der Waals surface area contributed by atoms with E-state index in [1.54, 1.807) is 0 Å². The predicted molar refractivity (Wildman–Crippen MR) is 59.4 cm³/mol. The smallest absolute Gasteiger partial charge is 0.250 e. The highest BCUT2D eigenvalue weighted by Gasteiger charge is 2.43. The van der Waals surface area contributed by atoms with Crippen LogP contribution in [0.4, 0.5) is 8.78 Å². The van der Waals surface area contributed by atoms with Crippen LogP contribution < -0.4 is 5.32 Å². The average Bonchev–Trinajstić information content (AvgIpc) is 2.26. The number of carbonyl (C=O) groups excluding carboxylic acids is 1. The Bertz CT molecular complexity index is 221. The minimum atomic E-state index is -2.49. The van der Waals surface area contributed by atoms with Gasteiger partial charge in [-0.1, -0.05) is 19.8 Å². The van der Waals surface area contributed by atoms with Gasteiger partial charge in [0.1, 0.15) is 0 Å². The van der Waals surface area contributed by atoms with Gasteiger partial charge in [0.05, 0.1) is 0 Å². The molecule has 1 aliphatic carbocycles. The van der Waals surface area contributed by atoms with Crippen molar-refractivity contribution in [3.63, 3.8) is 0 Å². The molecule has 1 saturated carbocycles. The second-order valence-electron chi connectivity index (χ2n) is 4.77. The van der Waals surface area contributed by atoms with Crippen molar-refractivity contribution in [2.24, 2.45) is 11.8 Å². The number of hydrogen-bond acceptors (Lipinski definition) is 1. The molecule has 0 radical (unpaired) electrons. The molecule has 1 amide bonds. The Labute approximate surface area is 95.8 Å². The van der Waals surface area contributed by atoms with E-state index in [2.05, 4.69) is 5.32 Å². The molecule has 0 aromatic heterocycles. The van der Waals surface area contributed by atoms with E-state index in [4.69, 9.17) is 0 Å². The minimum absolute atomic E-state index is 0.0212. The number of unbranched alkanes of at least 4 members (excludes halogenated alkanes) is 1. The van der Waals surface area contributed by atoms with Crippen LogP contribution >= 0.6 is 0 Å². The Hall–Kier alpha value is -0.670. The summed E-state index contributed by atoms with van der Waals surface area (Å²) >= 11 is 0. The molecule has 0 saturated heterocycles. The fourth-order valence-electron chi connectivity index (χ4n) is 2.47. The van der Waals surface area contributed by atoms with Crippen molar-refractivity contribution >= 4 is 6.41 Å². The summed E-state index contributed by atoms with van der Waals surface area (Å²) in [7, 11) is 0. The number of amides is 1. The molecule has 1 aliphatic rings. The Balaban J connectivity index is 2.45. The van der Waals surface area contributed by atoms with Gasteiger partial charge in [-0.25, -0.2) is 8.78 Å². The Morgan fingerprint density at radius 3 is 2.88 bits per heavy atom. The van der Waals surface area contributed by atoms with Crippen LogP contribution in [-0.2, 0) is 4.79 Å². The first kappa shape index (κ1) is 13.4. The van der Waals surface area contributed by atoms with Crippen LogP contribution in [0.1, 0.15) is 45.4 Å². The van der Waals surface area contributed by atoms with Crippen LogP contribution in [0.3, 0.4) is 0 Å². The summed E-state index contributed by atoms with van der Waals surface area (Å²) in [6, 6.07) is 0. The van der Waals surface area contributed by atoms with E-state index in [1.165, 1.54) is 0 Å². The number of alkyl halides is 2. The van der Waals surface area contributed by atoms with Gasteiger partial charge in [0.2, 0.25) is 6.41 Å². The molecule has 0 spiro atoms. The SMILES string of the molecule is CCCCC1CC(CNC=O)CCC1(F)F. The number of nitrogens with one attached hydrogen (secondary N) is 1. The second-order valence-corrected chi connectivity index (χ2v) is 4.77. The Kier molecular flexibility index (Phi) is 5.16. The summed E-state index contributed by atoms with van der Waals surface area (Å²) in [5, 5.41) is 2.60. The standard InChI is InChI=1S/C12H21F2NO/c1-2-3-4-11-7-10(8-15-9-16)5-6-12(11,13)14/h9-11H,2-8H2,1H3,(H,15,16). The van der Waals surface area contributed by atoms with E-state index >= 15 is 0 Å². The summed E-state index contributed by atoms with van der Waals surface area (Å²) in [5.41, 5.74) is 0. The molecule has 2 unspecified atom stereocenters. The van der Waals surface area contributed by atoms with E-state index in [0.29, 0.717) is 32.2 Å². The number of halogens is 2. The van der Waals surface area contributed by atoms with Gasteiger partial charge < -0.3 is 5.32 Å². The van der Waals surface area contributed by atoms with Gasteiger partial charge in [-0.2, -0.15) is 0 Å². The quantitative estimate of drug-likeness (QED) is 0.702. The molecular formula is C12H21F2NO. The molecule has 2 nitrogen and oxygen atoms in total. The van der Waals surface area contributed by atoms with Gasteiger partial charge in [0, 0.05) is 18.9 Å². The summed E-state index contributed by atoms with van der Waals surface area (Å²) < 4.78 is 27.2. The van der Waals surface area contributed by atoms with E-state index in [9.17, 15) is 13.6 Å². The third kappa shape index (κ3) is 3.72. The third-order valence-corrected chi connectivity index (χ3v) is 3.50. The van der Waals surface area contributed by atoms with Crippen LogP contribution in [0, 0.1) is 11.8 Å². The largest absolute Gasteiger partial charge is 0.358 e. The van der Waals surface area contributed by atoms with Crippen molar-refractivity contribution in [2.45, 2.75) is 51.4 Å². The van der Waals surface area contributed by atoms with Crippen LogP contribution in [0.2, 0.25) is 0 Å². The minimum Gasteiger partial charge on any atom is -0.358 e. The Morgan fingerprint density at radius 1 is 1.50 bits per heavy atom. The van der Waals surface area contributed by atoms with Gasteiger partial charge in [-0.05, 0) is 25.2 Å². The fourth-order valence-corrected chi connectivity index (χ4v) is 2.47. The van der Waals surface area contributed by atoms with Crippen LogP contribution in [0.15, 0.2) is 0 Å². The number of carbonyl (C=O) groups is 1. The lowest BCUT2D eigenvalue weighted by Crippen LogP contribution is -2.38. The topological polar surface area (TPSA) is 29.1 Å². The van der Waals surface area contributed by atoms with Crippen LogP contribution in [0.25, 0.3) is 0 Å². The molecule has 1 rings (SSSR count). The molecule has 0 heterocycles. The Morgan fingerprint density at radius 2 is 2.25 bits per heavy atom. The maximum Gasteiger partial charge on any atom is 0.250 e. The maximum atomic E-state index is 13.6. The zero-order chi connectivity index (χ0) is 12.0. The van der Waals surface area contributed by atoms with E-state index < -0.39 is 11.8 Å². The van der Waals surface area contributed by atoms with Crippen molar-refractivity contribution in [3.05, 3.63) is 0 Å². The lowest BCUT2D eigenvalue weighted by molar-refractivity contribution is -0.111. The molecule has 4 heteroatoms. The molecule has 0 aromatic carbocycles. The normalized spacial score (nSPS) is 28.7. The highest BCUT2D eigenvalue weighted by Crippen LogP contribution is 2.43. The van der Waals surface area contributed by atoms with Gasteiger partial charge in [-0.15, -0.1) is 0 Å². The summed E-state index contributed by atoms with van der Waals surface area (Å²) in [6.45, 7) is 2.56. The molecule has 94 valence electrons. The zero-order valence-corrected chi connectivity index (χ0v) is 9.85. The zero-order valence-electron chi connectivity index (χ0n) is 9.85. The average molecular weight is 233 g/mol. The maximum absolute atomic E-state index is 13.6. The molecule has 2 atom stereocenters. The van der Waals surface area contributed by atoms with Crippen molar-refractivity contribution in [1.29, 1.82) is 0 Å². The van der Waals surface area contributed by atoms with Crippen molar-refractivity contribution < 1.29 is 13.6 Å². The van der Waals surface area contributed by atoms with Crippen LogP contribution in [-0.4, -0.2) is 18.9 Å². The van der Waals surface area contributed by atoms with Gasteiger partial charge in [0.25, 0.3) is 5.92 Å². The van der Waals surface area contributed by atoms with E-state index in [1.807, 2.05) is 6.92 Å². The predicted octanol–water partition coefficient (Wildman–Crippen LogP) is 2.97. The second kappa shape index (κ2) is 6.16. The summed E-state index contributed by atoms with van der Waals surface area (Å²) in [6.07, 6.45) is 4.14. The third-order valence-electron chi connectivity index (χ3n) is 3.50. The lowest BCUT2D eigenvalue weighted by Gasteiger charge is -2.36. The molecule has 1 fully saturated rings. The van der Waals surface area contributed by atoms with E-state index in [-0.39, 0.29) is 12.3 Å². The van der Waals surface area contributed by atoms with Crippen molar-refractivity contribution in [3.8, 4) is 0 Å². The monoisotopic (exact) mass is 233 g/mol. The highest BCUT2D eigenvalue weighted by atomic mass is 19.3. The summed E-state index contributed by atoms with van der Waals surface area (Å²) in [5.74, 6) is -2.75. The summed E-state index contributed by atoms with van der Waals surface area (Å²) in [4.78, 5) is 10.2. The molecule has 0 aromatic rings.